The monoisotopic (exact) mass is 680 g/mol. The van der Waals surface area contributed by atoms with Crippen LogP contribution in [-0.4, -0.2) is 70.5 Å². The van der Waals surface area contributed by atoms with Crippen LogP contribution in [-0.2, 0) is 22.4 Å². The van der Waals surface area contributed by atoms with Crippen molar-refractivity contribution in [3.63, 3.8) is 0 Å². The van der Waals surface area contributed by atoms with E-state index in [1.807, 2.05) is 38.3 Å². The molecule has 0 radical (unpaired) electrons. The van der Waals surface area contributed by atoms with Crippen molar-refractivity contribution in [3.8, 4) is 0 Å². The van der Waals surface area contributed by atoms with Gasteiger partial charge in [-0.2, -0.15) is 11.8 Å². The molecule has 8 nitrogen and oxygen atoms in total. The molecule has 1 aliphatic heterocycles. The first-order valence-electron chi connectivity index (χ1n) is 16.1. The Morgan fingerprint density at radius 3 is 2.60 bits per heavy atom. The smallest absolute Gasteiger partial charge is 0.332 e. The van der Waals surface area contributed by atoms with Crippen molar-refractivity contribution in [1.29, 1.82) is 0 Å². The van der Waals surface area contributed by atoms with Gasteiger partial charge in [0.05, 0.1) is 6.61 Å². The van der Waals surface area contributed by atoms with Crippen LogP contribution < -0.4 is 16.0 Å². The van der Waals surface area contributed by atoms with Gasteiger partial charge in [-0.15, -0.1) is 0 Å². The van der Waals surface area contributed by atoms with Gasteiger partial charge in [-0.1, -0.05) is 43.8 Å². The van der Waals surface area contributed by atoms with E-state index >= 15 is 0 Å². The molecular formula is C36H45FN4O4S2. The van der Waals surface area contributed by atoms with Crippen LogP contribution in [0.4, 0.5) is 10.1 Å². The van der Waals surface area contributed by atoms with Crippen molar-refractivity contribution in [2.45, 2.75) is 63.3 Å². The lowest BCUT2D eigenvalue weighted by molar-refractivity contribution is -0.153. The van der Waals surface area contributed by atoms with E-state index in [0.717, 1.165) is 29.8 Å². The average molecular weight is 681 g/mol. The second kappa shape index (κ2) is 17.7. The van der Waals surface area contributed by atoms with Gasteiger partial charge in [0.25, 0.3) is 5.91 Å². The normalized spacial score (nSPS) is 17.2. The highest BCUT2D eigenvalue weighted by atomic mass is 32.2. The number of aromatic nitrogens is 1. The lowest BCUT2D eigenvalue weighted by Gasteiger charge is -2.36. The highest BCUT2D eigenvalue weighted by molar-refractivity contribution is 8.14. The fourth-order valence-corrected chi connectivity index (χ4v) is 7.29. The summed E-state index contributed by atoms with van der Waals surface area (Å²) in [6.45, 7) is 7.17. The molecule has 2 aromatic carbocycles. The zero-order chi connectivity index (χ0) is 33.8. The number of hydrogen-bond donors (Lipinski definition) is 3. The third-order valence-corrected chi connectivity index (χ3v) is 10.3. The molecule has 1 saturated heterocycles. The Labute approximate surface area is 285 Å². The Hall–Kier alpha value is -3.41. The molecule has 0 bridgehead atoms. The first-order chi connectivity index (χ1) is 22.6. The summed E-state index contributed by atoms with van der Waals surface area (Å²) in [5.74, 6) is -0.583. The number of halogens is 1. The maximum atomic E-state index is 14.1. The number of rotatable bonds is 16. The standard InChI is InChI=1S/C36H45FN4O4S2/c1-5-45-35(44)36(24(2)3,16-18-46-4)41-33(42)32-20-29(15-12-26(32)11-8-25-9-13-28(37)14-10-25)39-22-30-19-31(23-40-30)47-34(43)27-7-6-17-38-21-27/h6-7,9-10,12-15,17,20-21,24,30-31,39-40H,5,8,11,16,18-19,22-23H2,1-4H3,(H,41,42)/t30-,31-,36-/m0/s1. The van der Waals surface area contributed by atoms with Crippen molar-refractivity contribution in [2.75, 3.05) is 37.0 Å². The number of aryl methyl sites for hydroxylation is 2. The molecule has 3 aromatic rings. The molecular weight excluding hydrogens is 636 g/mol. The SMILES string of the molecule is CCOC(=O)[C@@](CCSC)(NC(=O)c1cc(NC[C@@H]2C[C@H](SC(=O)c3cccnc3)CN2)ccc1CCc1ccc(F)cc1)C(C)C. The average Bonchev–Trinajstić information content (AvgIpc) is 3.52. The van der Waals surface area contributed by atoms with Gasteiger partial charge in [0.1, 0.15) is 11.4 Å². The number of nitrogens with one attached hydrogen (secondary N) is 3. The zero-order valence-electron chi connectivity index (χ0n) is 27.5. The number of hydrogen-bond acceptors (Lipinski definition) is 9. The first kappa shape index (κ1) is 36.4. The van der Waals surface area contributed by atoms with Gasteiger partial charge in [0, 0.05) is 53.6 Å². The summed E-state index contributed by atoms with van der Waals surface area (Å²) in [4.78, 5) is 44.2. The summed E-state index contributed by atoms with van der Waals surface area (Å²) in [7, 11) is 0. The van der Waals surface area contributed by atoms with Crippen molar-refractivity contribution in [1.82, 2.24) is 15.6 Å². The van der Waals surface area contributed by atoms with Crippen LogP contribution in [0.1, 0.15) is 65.5 Å². The van der Waals surface area contributed by atoms with Crippen LogP contribution >= 0.6 is 23.5 Å². The van der Waals surface area contributed by atoms with Crippen LogP contribution in [0.2, 0.25) is 0 Å². The van der Waals surface area contributed by atoms with Crippen LogP contribution in [0, 0.1) is 11.7 Å². The molecule has 252 valence electrons. The Balaban J connectivity index is 1.51. The van der Waals surface area contributed by atoms with Crippen molar-refractivity contribution < 1.29 is 23.5 Å². The fourth-order valence-electron chi connectivity index (χ4n) is 5.69. The van der Waals surface area contributed by atoms with E-state index in [-0.39, 0.29) is 40.7 Å². The minimum Gasteiger partial charge on any atom is -0.464 e. The molecule has 1 aromatic heterocycles. The third-order valence-electron chi connectivity index (χ3n) is 8.52. The Kier molecular flexibility index (Phi) is 13.7. The van der Waals surface area contributed by atoms with Crippen molar-refractivity contribution >= 4 is 46.2 Å². The lowest BCUT2D eigenvalue weighted by atomic mass is 9.83. The second-order valence-electron chi connectivity index (χ2n) is 12.0. The van der Waals surface area contributed by atoms with E-state index in [0.29, 0.717) is 42.7 Å². The number of pyridine rings is 1. The number of carbonyl (C=O) groups is 3. The summed E-state index contributed by atoms with van der Waals surface area (Å²) in [6.07, 6.45) is 7.65. The van der Waals surface area contributed by atoms with Gasteiger partial charge < -0.3 is 20.7 Å². The highest BCUT2D eigenvalue weighted by Crippen LogP contribution is 2.28. The molecule has 2 heterocycles. The predicted molar refractivity (Wildman–Crippen MR) is 190 cm³/mol. The number of esters is 1. The second-order valence-corrected chi connectivity index (χ2v) is 14.3. The summed E-state index contributed by atoms with van der Waals surface area (Å²) in [6, 6.07) is 15.8. The quantitative estimate of drug-likeness (QED) is 0.153. The molecule has 0 aliphatic carbocycles. The topological polar surface area (TPSA) is 109 Å². The fraction of sp³-hybridized carbons (Fsp3) is 0.444. The number of amides is 1. The van der Waals surface area contributed by atoms with Gasteiger partial charge in [-0.3, -0.25) is 14.6 Å². The molecule has 0 spiro atoms. The number of thioether (sulfide) groups is 2. The van der Waals surface area contributed by atoms with Crippen LogP contribution in [0.15, 0.2) is 67.0 Å². The zero-order valence-corrected chi connectivity index (χ0v) is 29.1. The molecule has 3 N–H and O–H groups in total. The van der Waals surface area contributed by atoms with Gasteiger partial charge in [-0.25, -0.2) is 9.18 Å². The van der Waals surface area contributed by atoms with E-state index in [2.05, 4.69) is 20.9 Å². The summed E-state index contributed by atoms with van der Waals surface area (Å²) in [5.41, 5.74) is 2.47. The molecule has 4 rings (SSSR count). The maximum absolute atomic E-state index is 14.1. The van der Waals surface area contributed by atoms with Gasteiger partial charge in [0.2, 0.25) is 5.12 Å². The van der Waals surface area contributed by atoms with Crippen LogP contribution in [0.25, 0.3) is 0 Å². The Morgan fingerprint density at radius 1 is 1.13 bits per heavy atom. The minimum absolute atomic E-state index is 0.0169. The lowest BCUT2D eigenvalue weighted by Crippen LogP contribution is -2.59. The first-order valence-corrected chi connectivity index (χ1v) is 18.4. The third kappa shape index (κ3) is 10.0. The van der Waals surface area contributed by atoms with E-state index in [1.54, 1.807) is 55.3 Å². The molecule has 0 unspecified atom stereocenters. The van der Waals surface area contributed by atoms with E-state index < -0.39 is 11.5 Å². The molecule has 0 saturated carbocycles. The number of anilines is 1. The maximum Gasteiger partial charge on any atom is 0.332 e. The van der Waals surface area contributed by atoms with E-state index in [9.17, 15) is 18.8 Å². The highest BCUT2D eigenvalue weighted by Gasteiger charge is 2.44. The Morgan fingerprint density at radius 2 is 1.91 bits per heavy atom. The molecule has 11 heteroatoms. The molecule has 1 amide bonds. The molecule has 3 atom stereocenters. The summed E-state index contributed by atoms with van der Waals surface area (Å²) >= 11 is 2.95. The Bertz CT molecular complexity index is 1490. The van der Waals surface area contributed by atoms with Crippen LogP contribution in [0.5, 0.6) is 0 Å². The number of benzene rings is 2. The van der Waals surface area contributed by atoms with E-state index in [1.165, 1.54) is 23.9 Å². The molecule has 1 aliphatic rings. The van der Waals surface area contributed by atoms with Gasteiger partial charge >= 0.3 is 5.97 Å². The van der Waals surface area contributed by atoms with Crippen molar-refractivity contribution in [2.24, 2.45) is 5.92 Å². The minimum atomic E-state index is -1.18. The summed E-state index contributed by atoms with van der Waals surface area (Å²) < 4.78 is 19.0. The summed E-state index contributed by atoms with van der Waals surface area (Å²) in [5, 5.41) is 10.3. The molecule has 1 fully saturated rings. The number of ether oxygens (including phenoxy) is 1. The predicted octanol–water partition coefficient (Wildman–Crippen LogP) is 6.16. The van der Waals surface area contributed by atoms with Gasteiger partial charge in [0.15, 0.2) is 0 Å². The van der Waals surface area contributed by atoms with Gasteiger partial charge in [-0.05, 0) is 98.1 Å². The van der Waals surface area contributed by atoms with Crippen LogP contribution in [0.3, 0.4) is 0 Å². The van der Waals surface area contributed by atoms with E-state index in [4.69, 9.17) is 4.74 Å². The largest absolute Gasteiger partial charge is 0.464 e. The number of carbonyl (C=O) groups excluding carboxylic acids is 3. The molecule has 47 heavy (non-hydrogen) atoms. The van der Waals surface area contributed by atoms with Crippen molar-refractivity contribution in [3.05, 3.63) is 95.1 Å². The number of nitrogens with zero attached hydrogens (tertiary/aromatic N) is 1.